The molecular weight excluding hydrogens is 569 g/mol. The van der Waals surface area contributed by atoms with Gasteiger partial charge in [-0.2, -0.15) is 0 Å². The SMILES string of the molecule is Cc1cc(-c2cc3c(s2)C=CCC3)cc2c1-c1cc3c(cc1C2(C)C)-c1c(C)cc(-c2cc4ccccc4s2)cc1C3(C)C. The lowest BCUT2D eigenvalue weighted by Crippen LogP contribution is -2.17. The van der Waals surface area contributed by atoms with E-state index in [2.05, 4.69) is 126 Å². The van der Waals surface area contributed by atoms with E-state index in [1.54, 1.807) is 0 Å². The van der Waals surface area contributed by atoms with Crippen LogP contribution in [0, 0.1) is 13.8 Å². The normalized spacial score (nSPS) is 16.5. The second-order valence-corrected chi connectivity index (χ2v) is 16.4. The van der Waals surface area contributed by atoms with E-state index in [1.807, 2.05) is 22.7 Å². The van der Waals surface area contributed by atoms with Crippen molar-refractivity contribution in [1.29, 1.82) is 0 Å². The van der Waals surface area contributed by atoms with Crippen LogP contribution in [-0.2, 0) is 17.3 Å². The molecular formula is C42H36S2. The van der Waals surface area contributed by atoms with Gasteiger partial charge in [0.25, 0.3) is 0 Å². The average Bonchev–Trinajstić information content (AvgIpc) is 3.73. The third-order valence-electron chi connectivity index (χ3n) is 10.7. The summed E-state index contributed by atoms with van der Waals surface area (Å²) in [6, 6.07) is 28.6. The molecule has 0 atom stereocenters. The van der Waals surface area contributed by atoms with Crippen LogP contribution in [0.5, 0.6) is 0 Å². The summed E-state index contributed by atoms with van der Waals surface area (Å²) in [5.41, 5.74) is 18.5. The molecule has 4 aromatic carbocycles. The highest BCUT2D eigenvalue weighted by Gasteiger charge is 2.43. The molecule has 0 radical (unpaired) electrons. The first-order valence-electron chi connectivity index (χ1n) is 15.9. The van der Waals surface area contributed by atoms with Crippen molar-refractivity contribution in [2.45, 2.75) is 65.2 Å². The molecule has 216 valence electrons. The Bertz CT molecular complexity index is 2210. The fourth-order valence-electron chi connectivity index (χ4n) is 8.37. The van der Waals surface area contributed by atoms with Gasteiger partial charge in [-0.25, -0.2) is 0 Å². The van der Waals surface area contributed by atoms with Crippen molar-refractivity contribution in [3.05, 3.63) is 123 Å². The van der Waals surface area contributed by atoms with E-state index in [1.165, 1.54) is 97.0 Å². The Balaban J connectivity index is 1.19. The van der Waals surface area contributed by atoms with E-state index in [-0.39, 0.29) is 10.8 Å². The lowest BCUT2D eigenvalue weighted by Gasteiger charge is -2.24. The van der Waals surface area contributed by atoms with Gasteiger partial charge in [0.15, 0.2) is 0 Å². The zero-order chi connectivity index (χ0) is 30.1. The Morgan fingerprint density at radius 3 is 1.80 bits per heavy atom. The first kappa shape index (κ1) is 26.7. The van der Waals surface area contributed by atoms with Crippen LogP contribution in [0.2, 0.25) is 0 Å². The van der Waals surface area contributed by atoms with Crippen molar-refractivity contribution in [2.24, 2.45) is 0 Å². The van der Waals surface area contributed by atoms with Crippen LogP contribution >= 0.6 is 22.7 Å². The quantitative estimate of drug-likeness (QED) is 0.184. The number of hydrogen-bond acceptors (Lipinski definition) is 2. The molecule has 0 saturated heterocycles. The molecule has 0 unspecified atom stereocenters. The first-order chi connectivity index (χ1) is 21.1. The molecule has 0 N–H and O–H groups in total. The molecule has 0 nitrogen and oxygen atoms in total. The molecule has 0 fully saturated rings. The van der Waals surface area contributed by atoms with Crippen LogP contribution < -0.4 is 0 Å². The van der Waals surface area contributed by atoms with Gasteiger partial charge in [-0.3, -0.25) is 0 Å². The minimum absolute atomic E-state index is 0.0605. The van der Waals surface area contributed by atoms with Gasteiger partial charge in [0.2, 0.25) is 0 Å². The molecule has 9 rings (SSSR count). The highest BCUT2D eigenvalue weighted by molar-refractivity contribution is 7.22. The van der Waals surface area contributed by atoms with Gasteiger partial charge in [-0.15, -0.1) is 22.7 Å². The highest BCUT2D eigenvalue weighted by Crippen LogP contribution is 2.58. The van der Waals surface area contributed by atoms with E-state index in [0.717, 1.165) is 12.8 Å². The molecule has 2 aromatic heterocycles. The first-order valence-corrected chi connectivity index (χ1v) is 17.5. The third-order valence-corrected chi connectivity index (χ3v) is 13.1. The van der Waals surface area contributed by atoms with Crippen LogP contribution in [0.15, 0.2) is 78.9 Å². The van der Waals surface area contributed by atoms with Crippen LogP contribution in [0.3, 0.4) is 0 Å². The third kappa shape index (κ3) is 3.56. The predicted octanol–water partition coefficient (Wildman–Crippen LogP) is 12.5. The summed E-state index contributed by atoms with van der Waals surface area (Å²) >= 11 is 3.86. The van der Waals surface area contributed by atoms with Crippen molar-refractivity contribution in [2.75, 3.05) is 0 Å². The maximum atomic E-state index is 2.57. The van der Waals surface area contributed by atoms with Gasteiger partial charge in [0, 0.05) is 30.2 Å². The standard InChI is InChI=1S/C42H36S2/c1-23-15-27(37-19-25-11-7-9-13-35(25)43-37)17-33-39(23)29-21-32-30(22-31(29)41(33,3)4)40-24(2)16-28(18-34(40)42(32,5)6)38-20-26-12-8-10-14-36(26)44-38/h7,9-11,13-22H,8,12H2,1-6H3. The Labute approximate surface area is 268 Å². The molecule has 0 saturated carbocycles. The van der Waals surface area contributed by atoms with Crippen molar-refractivity contribution < 1.29 is 0 Å². The van der Waals surface area contributed by atoms with Crippen LogP contribution in [0.1, 0.15) is 77.9 Å². The van der Waals surface area contributed by atoms with E-state index in [4.69, 9.17) is 0 Å². The summed E-state index contributed by atoms with van der Waals surface area (Å²) in [6.45, 7) is 14.4. The Morgan fingerprint density at radius 1 is 0.614 bits per heavy atom. The van der Waals surface area contributed by atoms with Crippen LogP contribution in [0.4, 0.5) is 0 Å². The monoisotopic (exact) mass is 604 g/mol. The topological polar surface area (TPSA) is 0 Å². The summed E-state index contributed by atoms with van der Waals surface area (Å²) < 4.78 is 1.36. The second-order valence-electron chi connectivity index (χ2n) is 14.2. The van der Waals surface area contributed by atoms with Gasteiger partial charge in [-0.1, -0.05) is 52.0 Å². The van der Waals surface area contributed by atoms with Crippen molar-refractivity contribution >= 4 is 38.8 Å². The summed E-state index contributed by atoms with van der Waals surface area (Å²) in [7, 11) is 0. The molecule has 3 aliphatic carbocycles. The minimum Gasteiger partial charge on any atom is -0.136 e. The summed E-state index contributed by atoms with van der Waals surface area (Å²) in [5.74, 6) is 0. The van der Waals surface area contributed by atoms with E-state index in [0.29, 0.717) is 0 Å². The Morgan fingerprint density at radius 2 is 1.20 bits per heavy atom. The molecule has 44 heavy (non-hydrogen) atoms. The van der Waals surface area contributed by atoms with Gasteiger partial charge >= 0.3 is 0 Å². The van der Waals surface area contributed by atoms with Crippen LogP contribution in [-0.4, -0.2) is 0 Å². The molecule has 0 aliphatic heterocycles. The minimum atomic E-state index is -0.0680. The van der Waals surface area contributed by atoms with Crippen molar-refractivity contribution in [3.8, 4) is 43.1 Å². The highest BCUT2D eigenvalue weighted by atomic mass is 32.1. The molecule has 3 aliphatic rings. The van der Waals surface area contributed by atoms with Gasteiger partial charge in [0.05, 0.1) is 0 Å². The number of allylic oxidation sites excluding steroid dienone is 1. The van der Waals surface area contributed by atoms with Crippen molar-refractivity contribution in [1.82, 2.24) is 0 Å². The number of benzene rings is 4. The number of thiophene rings is 2. The van der Waals surface area contributed by atoms with E-state index < -0.39 is 0 Å². The van der Waals surface area contributed by atoms with E-state index in [9.17, 15) is 0 Å². The summed E-state index contributed by atoms with van der Waals surface area (Å²) in [4.78, 5) is 4.20. The lowest BCUT2D eigenvalue weighted by atomic mass is 9.79. The summed E-state index contributed by atoms with van der Waals surface area (Å²) in [6.07, 6.45) is 6.96. The number of aryl methyl sites for hydroxylation is 3. The van der Waals surface area contributed by atoms with Crippen LogP contribution in [0.25, 0.3) is 59.3 Å². The molecule has 6 aromatic rings. The van der Waals surface area contributed by atoms with Crippen molar-refractivity contribution in [3.63, 3.8) is 0 Å². The van der Waals surface area contributed by atoms with Gasteiger partial charge in [0.1, 0.15) is 0 Å². The number of fused-ring (bicyclic) bond motifs is 8. The molecule has 0 bridgehead atoms. The van der Waals surface area contributed by atoms with E-state index >= 15 is 0 Å². The zero-order valence-corrected chi connectivity index (χ0v) is 27.9. The average molecular weight is 605 g/mol. The predicted molar refractivity (Wildman–Crippen MR) is 193 cm³/mol. The maximum absolute atomic E-state index is 2.57. The molecule has 0 spiro atoms. The maximum Gasteiger partial charge on any atom is 0.0355 e. The molecule has 2 heteroatoms. The summed E-state index contributed by atoms with van der Waals surface area (Å²) in [5, 5.41) is 1.33. The second kappa shape index (κ2) is 8.93. The fraction of sp³-hybridized carbons (Fsp3) is 0.238. The molecule has 2 heterocycles. The Kier molecular flexibility index (Phi) is 5.41. The number of hydrogen-bond donors (Lipinski definition) is 0. The zero-order valence-electron chi connectivity index (χ0n) is 26.3. The fourth-order valence-corrected chi connectivity index (χ4v) is 10.6. The largest absolute Gasteiger partial charge is 0.136 e. The lowest BCUT2D eigenvalue weighted by molar-refractivity contribution is 0.652. The smallest absolute Gasteiger partial charge is 0.0355 e. The number of rotatable bonds is 2. The molecule has 0 amide bonds. The van der Waals surface area contributed by atoms with Gasteiger partial charge in [-0.05, 0) is 165 Å². The van der Waals surface area contributed by atoms with Gasteiger partial charge < -0.3 is 0 Å². The Hall–Kier alpha value is -3.72.